The Morgan fingerprint density at radius 3 is 3.07 bits per heavy atom. The fourth-order valence-corrected chi connectivity index (χ4v) is 3.44. The minimum absolute atomic E-state index is 0.419. The normalized spacial score (nSPS) is 35.1. The van der Waals surface area contributed by atoms with Gasteiger partial charge in [0.05, 0.1) is 28.2 Å². The molecule has 1 aromatic heterocycles. The molecule has 0 radical (unpaired) electrons. The lowest BCUT2D eigenvalue weighted by Gasteiger charge is -2.19. The summed E-state index contributed by atoms with van der Waals surface area (Å²) >= 11 is 5.05. The number of aromatic nitrogens is 1. The van der Waals surface area contributed by atoms with Gasteiger partial charge in [0.15, 0.2) is 5.13 Å². The molecule has 3 atom stereocenters. The van der Waals surface area contributed by atoms with Crippen LogP contribution in [0.5, 0.6) is 0 Å². The molecule has 0 saturated carbocycles. The maximum absolute atomic E-state index is 5.77. The summed E-state index contributed by atoms with van der Waals surface area (Å²) in [7, 11) is 0. The molecule has 14 heavy (non-hydrogen) atoms. The van der Waals surface area contributed by atoms with Crippen LogP contribution in [0.25, 0.3) is 0 Å². The molecule has 0 aliphatic carbocycles. The van der Waals surface area contributed by atoms with Crippen LogP contribution >= 0.6 is 27.3 Å². The van der Waals surface area contributed by atoms with Gasteiger partial charge in [-0.2, -0.15) is 0 Å². The van der Waals surface area contributed by atoms with Crippen molar-refractivity contribution >= 4 is 32.4 Å². The molecule has 0 aromatic carbocycles. The number of hydrogen-bond acceptors (Lipinski definition) is 4. The standard InChI is InChI=1S/C9H11BrN2OS/c10-8-4-11-9(14-8)12-6-3-5-1-2-7(6)13-5/h4-7H,1-3H2,(H,11,12)/t5?,6-,7?/m0/s1. The van der Waals surface area contributed by atoms with E-state index in [0.717, 1.165) is 15.3 Å². The Hall–Kier alpha value is -0.130. The molecule has 3 heterocycles. The van der Waals surface area contributed by atoms with Gasteiger partial charge in [-0.25, -0.2) is 4.98 Å². The summed E-state index contributed by atoms with van der Waals surface area (Å²) in [6.45, 7) is 0. The summed E-state index contributed by atoms with van der Waals surface area (Å²) in [5, 5.41) is 4.44. The monoisotopic (exact) mass is 274 g/mol. The van der Waals surface area contributed by atoms with Gasteiger partial charge in [-0.1, -0.05) is 11.3 Å². The summed E-state index contributed by atoms with van der Waals surface area (Å²) in [5.41, 5.74) is 0. The van der Waals surface area contributed by atoms with Crippen molar-refractivity contribution in [2.45, 2.75) is 37.5 Å². The zero-order valence-corrected chi connectivity index (χ0v) is 9.97. The highest BCUT2D eigenvalue weighted by Gasteiger charge is 2.40. The van der Waals surface area contributed by atoms with Crippen molar-refractivity contribution in [3.05, 3.63) is 9.98 Å². The molecule has 76 valence electrons. The molecule has 5 heteroatoms. The molecular weight excluding hydrogens is 264 g/mol. The van der Waals surface area contributed by atoms with Crippen molar-refractivity contribution in [1.82, 2.24) is 4.98 Å². The SMILES string of the molecule is Brc1cnc(N[C@H]2CC3CCC2O3)s1. The van der Waals surface area contributed by atoms with E-state index in [9.17, 15) is 0 Å². The van der Waals surface area contributed by atoms with Gasteiger partial charge in [-0.05, 0) is 35.2 Å². The second-order valence-corrected chi connectivity index (χ2v) is 6.24. The Balaban J connectivity index is 1.68. The van der Waals surface area contributed by atoms with E-state index in [4.69, 9.17) is 4.74 Å². The molecule has 1 N–H and O–H groups in total. The minimum Gasteiger partial charge on any atom is -0.373 e. The van der Waals surface area contributed by atoms with Gasteiger partial charge in [0, 0.05) is 0 Å². The fourth-order valence-electron chi connectivity index (χ4n) is 2.27. The van der Waals surface area contributed by atoms with Gasteiger partial charge < -0.3 is 10.1 Å². The third-order valence-corrected chi connectivity index (χ3v) is 4.30. The molecular formula is C9H11BrN2OS. The third kappa shape index (κ3) is 1.57. The quantitative estimate of drug-likeness (QED) is 0.901. The number of rotatable bonds is 2. The van der Waals surface area contributed by atoms with E-state index in [-0.39, 0.29) is 0 Å². The highest BCUT2D eigenvalue weighted by Crippen LogP contribution is 2.36. The first-order valence-corrected chi connectivity index (χ1v) is 6.45. The van der Waals surface area contributed by atoms with Crippen LogP contribution in [0.15, 0.2) is 9.98 Å². The van der Waals surface area contributed by atoms with Crippen LogP contribution in [0, 0.1) is 0 Å². The zero-order valence-electron chi connectivity index (χ0n) is 7.57. The lowest BCUT2D eigenvalue weighted by molar-refractivity contribution is 0.102. The van der Waals surface area contributed by atoms with E-state index in [2.05, 4.69) is 26.2 Å². The topological polar surface area (TPSA) is 34.2 Å². The highest BCUT2D eigenvalue weighted by atomic mass is 79.9. The minimum atomic E-state index is 0.419. The van der Waals surface area contributed by atoms with Crippen LogP contribution in [-0.2, 0) is 4.74 Å². The number of hydrogen-bond donors (Lipinski definition) is 1. The number of nitrogens with one attached hydrogen (secondary N) is 1. The van der Waals surface area contributed by atoms with Crippen molar-refractivity contribution in [2.75, 3.05) is 5.32 Å². The van der Waals surface area contributed by atoms with Crippen molar-refractivity contribution in [2.24, 2.45) is 0 Å². The summed E-state index contributed by atoms with van der Waals surface area (Å²) in [6, 6.07) is 0.479. The molecule has 1 aromatic rings. The maximum Gasteiger partial charge on any atom is 0.184 e. The smallest absolute Gasteiger partial charge is 0.184 e. The van der Waals surface area contributed by atoms with Crippen LogP contribution in [0.2, 0.25) is 0 Å². The van der Waals surface area contributed by atoms with Gasteiger partial charge in [0.25, 0.3) is 0 Å². The number of thiazole rings is 1. The van der Waals surface area contributed by atoms with Crippen molar-refractivity contribution in [1.29, 1.82) is 0 Å². The predicted octanol–water partition coefficient (Wildman–Crippen LogP) is 2.64. The lowest BCUT2D eigenvalue weighted by Crippen LogP contribution is -2.30. The number of halogens is 1. The molecule has 0 spiro atoms. The molecule has 3 nitrogen and oxygen atoms in total. The van der Waals surface area contributed by atoms with Gasteiger partial charge in [-0.15, -0.1) is 0 Å². The molecule has 2 saturated heterocycles. The fraction of sp³-hybridized carbons (Fsp3) is 0.667. The number of anilines is 1. The molecule has 2 aliphatic rings. The van der Waals surface area contributed by atoms with E-state index < -0.39 is 0 Å². The average Bonchev–Trinajstić information content (AvgIpc) is 2.82. The molecule has 2 bridgehead atoms. The molecule has 2 aliphatic heterocycles. The van der Waals surface area contributed by atoms with Gasteiger partial charge in [0.2, 0.25) is 0 Å². The second-order valence-electron chi connectivity index (χ2n) is 3.83. The summed E-state index contributed by atoms with van der Waals surface area (Å²) in [4.78, 5) is 4.27. The lowest BCUT2D eigenvalue weighted by atomic mass is 9.96. The molecule has 3 rings (SSSR count). The zero-order chi connectivity index (χ0) is 9.54. The number of fused-ring (bicyclic) bond motifs is 2. The largest absolute Gasteiger partial charge is 0.373 e. The van der Waals surface area contributed by atoms with E-state index in [1.54, 1.807) is 11.3 Å². The second kappa shape index (κ2) is 3.47. The van der Waals surface area contributed by atoms with Crippen LogP contribution in [-0.4, -0.2) is 23.2 Å². The molecule has 2 unspecified atom stereocenters. The number of nitrogens with zero attached hydrogens (tertiary/aromatic N) is 1. The first-order chi connectivity index (χ1) is 6.81. The Bertz CT molecular complexity index is 343. The van der Waals surface area contributed by atoms with Gasteiger partial charge in [-0.3, -0.25) is 0 Å². The first kappa shape index (κ1) is 9.12. The maximum atomic E-state index is 5.77. The van der Waals surface area contributed by atoms with Crippen molar-refractivity contribution < 1.29 is 4.74 Å². The Morgan fingerprint density at radius 2 is 2.50 bits per heavy atom. The van der Waals surface area contributed by atoms with Gasteiger partial charge in [0.1, 0.15) is 0 Å². The molecule has 2 fully saturated rings. The third-order valence-electron chi connectivity index (χ3n) is 2.89. The van der Waals surface area contributed by atoms with E-state index >= 15 is 0 Å². The predicted molar refractivity (Wildman–Crippen MR) is 59.7 cm³/mol. The van der Waals surface area contributed by atoms with Crippen LogP contribution < -0.4 is 5.32 Å². The van der Waals surface area contributed by atoms with Crippen LogP contribution in [0.4, 0.5) is 5.13 Å². The van der Waals surface area contributed by atoms with E-state index in [1.807, 2.05) is 6.20 Å². The summed E-state index contributed by atoms with van der Waals surface area (Å²) in [5.74, 6) is 0. The van der Waals surface area contributed by atoms with Gasteiger partial charge >= 0.3 is 0 Å². The van der Waals surface area contributed by atoms with E-state index in [0.29, 0.717) is 18.2 Å². The number of ether oxygens (including phenoxy) is 1. The molecule has 0 amide bonds. The van der Waals surface area contributed by atoms with Crippen LogP contribution in [0.1, 0.15) is 19.3 Å². The van der Waals surface area contributed by atoms with E-state index in [1.165, 1.54) is 12.8 Å². The van der Waals surface area contributed by atoms with Crippen molar-refractivity contribution in [3.63, 3.8) is 0 Å². The average molecular weight is 275 g/mol. The summed E-state index contributed by atoms with van der Waals surface area (Å²) in [6.07, 6.45) is 6.34. The Labute approximate surface area is 95.0 Å². The van der Waals surface area contributed by atoms with Crippen molar-refractivity contribution in [3.8, 4) is 0 Å². The first-order valence-electron chi connectivity index (χ1n) is 4.84. The summed E-state index contributed by atoms with van der Waals surface area (Å²) < 4.78 is 6.84. The van der Waals surface area contributed by atoms with Crippen LogP contribution in [0.3, 0.4) is 0 Å². The Morgan fingerprint density at radius 1 is 1.57 bits per heavy atom. The highest BCUT2D eigenvalue weighted by molar-refractivity contribution is 9.11. The Kier molecular flexibility index (Phi) is 2.26.